The highest BCUT2D eigenvalue weighted by Crippen LogP contribution is 2.13. The highest BCUT2D eigenvalue weighted by Gasteiger charge is 2.27. The van der Waals surface area contributed by atoms with E-state index in [0.29, 0.717) is 18.7 Å². The highest BCUT2D eigenvalue weighted by molar-refractivity contribution is 5.97. The van der Waals surface area contributed by atoms with E-state index < -0.39 is 5.54 Å². The van der Waals surface area contributed by atoms with Crippen molar-refractivity contribution in [3.63, 3.8) is 0 Å². The third kappa shape index (κ3) is 6.79. The van der Waals surface area contributed by atoms with Crippen LogP contribution < -0.4 is 16.4 Å². The lowest BCUT2D eigenvalue weighted by atomic mass is 9.96. The molecule has 0 aliphatic heterocycles. The number of hydrogen-bond donors (Lipinski definition) is 3. The number of aromatic nitrogens is 2. The van der Waals surface area contributed by atoms with Crippen molar-refractivity contribution in [3.05, 3.63) is 12.4 Å². The summed E-state index contributed by atoms with van der Waals surface area (Å²) in [7, 11) is 3.89. The smallest absolute Gasteiger partial charge is 0.244 e. The highest BCUT2D eigenvalue weighted by atomic mass is 16.2. The molecule has 0 saturated heterocycles. The predicted octanol–water partition coefficient (Wildman–Crippen LogP) is 0.0169. The van der Waals surface area contributed by atoms with Crippen LogP contribution >= 0.6 is 0 Å². The number of amides is 2. The molecular weight excluding hydrogens is 296 g/mol. The minimum Gasteiger partial charge on any atom is -0.353 e. The monoisotopic (exact) mass is 324 g/mol. The van der Waals surface area contributed by atoms with Gasteiger partial charge in [-0.15, -0.1) is 0 Å². The van der Waals surface area contributed by atoms with Crippen LogP contribution in [0.3, 0.4) is 0 Å². The summed E-state index contributed by atoms with van der Waals surface area (Å²) >= 11 is 0. The zero-order valence-electron chi connectivity index (χ0n) is 14.4. The fourth-order valence-corrected chi connectivity index (χ4v) is 2.04. The first kappa shape index (κ1) is 19.1. The molecule has 8 nitrogen and oxygen atoms in total. The van der Waals surface area contributed by atoms with E-state index in [-0.39, 0.29) is 18.4 Å². The molecule has 130 valence electrons. The largest absolute Gasteiger partial charge is 0.353 e. The Morgan fingerprint density at radius 3 is 2.74 bits per heavy atom. The Hall–Kier alpha value is -1.93. The van der Waals surface area contributed by atoms with Crippen molar-refractivity contribution in [2.45, 2.75) is 38.8 Å². The molecule has 0 fully saturated rings. The molecule has 0 radical (unpaired) electrons. The molecule has 8 heteroatoms. The lowest BCUT2D eigenvalue weighted by molar-refractivity contribution is -0.122. The molecule has 0 saturated carbocycles. The summed E-state index contributed by atoms with van der Waals surface area (Å²) in [6, 6.07) is 0. The minimum atomic E-state index is -0.916. The third-order valence-electron chi connectivity index (χ3n) is 3.37. The van der Waals surface area contributed by atoms with Gasteiger partial charge in [0.2, 0.25) is 11.8 Å². The molecule has 1 aromatic heterocycles. The van der Waals surface area contributed by atoms with Gasteiger partial charge in [0.1, 0.15) is 6.54 Å². The molecule has 1 atom stereocenters. The fraction of sp³-hybridized carbons (Fsp3) is 0.667. The maximum absolute atomic E-state index is 12.1. The first-order valence-corrected chi connectivity index (χ1v) is 7.79. The molecule has 4 N–H and O–H groups in total. The first-order valence-electron chi connectivity index (χ1n) is 7.79. The van der Waals surface area contributed by atoms with Gasteiger partial charge in [0.25, 0.3) is 0 Å². The quantitative estimate of drug-likeness (QED) is 0.594. The molecule has 0 spiro atoms. The number of likely N-dealkylation sites (N-methyl/N-ethyl adjacent to an activating group) is 1. The van der Waals surface area contributed by atoms with Crippen molar-refractivity contribution < 1.29 is 9.59 Å². The fourth-order valence-electron chi connectivity index (χ4n) is 2.04. The lowest BCUT2D eigenvalue weighted by Gasteiger charge is -2.22. The summed E-state index contributed by atoms with van der Waals surface area (Å²) in [6.07, 6.45) is 4.55. The Labute approximate surface area is 137 Å². The number of carbonyl (C=O) groups excluding carboxylic acids is 2. The molecule has 1 heterocycles. The maximum atomic E-state index is 12.1. The van der Waals surface area contributed by atoms with E-state index in [1.807, 2.05) is 25.9 Å². The Balaban J connectivity index is 2.48. The number of anilines is 1. The molecule has 0 aromatic carbocycles. The van der Waals surface area contributed by atoms with Crippen LogP contribution in [-0.4, -0.2) is 59.2 Å². The number of nitrogens with zero attached hydrogens (tertiary/aromatic N) is 3. The molecule has 1 rings (SSSR count). The first-order chi connectivity index (χ1) is 10.7. The number of carbonyl (C=O) groups is 2. The van der Waals surface area contributed by atoms with Crippen molar-refractivity contribution >= 4 is 17.5 Å². The second kappa shape index (κ2) is 8.64. The molecule has 1 aromatic rings. The molecule has 2 amide bonds. The van der Waals surface area contributed by atoms with Gasteiger partial charge < -0.3 is 21.3 Å². The van der Waals surface area contributed by atoms with Crippen LogP contribution in [-0.2, 0) is 16.1 Å². The second-order valence-electron chi connectivity index (χ2n) is 6.20. The lowest BCUT2D eigenvalue weighted by Crippen LogP contribution is -2.48. The molecule has 0 aliphatic rings. The maximum Gasteiger partial charge on any atom is 0.244 e. The third-order valence-corrected chi connectivity index (χ3v) is 3.37. The van der Waals surface area contributed by atoms with Crippen LogP contribution in [0.2, 0.25) is 0 Å². The average Bonchev–Trinajstić information content (AvgIpc) is 2.85. The predicted molar refractivity (Wildman–Crippen MR) is 89.9 cm³/mol. The van der Waals surface area contributed by atoms with Crippen LogP contribution in [0.15, 0.2) is 12.4 Å². The second-order valence-corrected chi connectivity index (χ2v) is 6.20. The van der Waals surface area contributed by atoms with Gasteiger partial charge in [-0.1, -0.05) is 13.3 Å². The molecular formula is C15H28N6O2. The molecule has 23 heavy (non-hydrogen) atoms. The SMILES string of the molecule is CCCC(C)(N)C(=O)Nc1cnn(CC(=O)NCCN(C)C)c1. The Morgan fingerprint density at radius 1 is 1.43 bits per heavy atom. The number of nitrogens with two attached hydrogens (primary N) is 1. The Kier molecular flexibility index (Phi) is 7.18. The van der Waals surface area contributed by atoms with Crippen LogP contribution in [0.5, 0.6) is 0 Å². The van der Waals surface area contributed by atoms with Gasteiger partial charge in [0, 0.05) is 19.3 Å². The minimum absolute atomic E-state index is 0.109. The van der Waals surface area contributed by atoms with Crippen molar-refractivity contribution in [1.82, 2.24) is 20.0 Å². The zero-order chi connectivity index (χ0) is 17.5. The van der Waals surface area contributed by atoms with Gasteiger partial charge in [0.05, 0.1) is 17.4 Å². The Morgan fingerprint density at radius 2 is 2.13 bits per heavy atom. The van der Waals surface area contributed by atoms with E-state index in [1.54, 1.807) is 13.1 Å². The van der Waals surface area contributed by atoms with Crippen molar-refractivity contribution in [2.24, 2.45) is 5.73 Å². The van der Waals surface area contributed by atoms with Gasteiger partial charge in [0.15, 0.2) is 0 Å². The molecule has 1 unspecified atom stereocenters. The van der Waals surface area contributed by atoms with E-state index in [2.05, 4.69) is 15.7 Å². The number of rotatable bonds is 9. The summed E-state index contributed by atoms with van der Waals surface area (Å²) in [6.45, 7) is 5.15. The summed E-state index contributed by atoms with van der Waals surface area (Å²) in [5.41, 5.74) is 5.59. The molecule has 0 aliphatic carbocycles. The zero-order valence-corrected chi connectivity index (χ0v) is 14.4. The van der Waals surface area contributed by atoms with Crippen molar-refractivity contribution in [1.29, 1.82) is 0 Å². The number of nitrogens with one attached hydrogen (secondary N) is 2. The van der Waals surface area contributed by atoms with Crippen LogP contribution in [0.4, 0.5) is 5.69 Å². The van der Waals surface area contributed by atoms with Crippen LogP contribution in [0.25, 0.3) is 0 Å². The normalized spacial score (nSPS) is 13.7. The van der Waals surface area contributed by atoms with Crippen molar-refractivity contribution in [2.75, 3.05) is 32.5 Å². The van der Waals surface area contributed by atoms with Gasteiger partial charge in [-0.05, 0) is 27.4 Å². The van der Waals surface area contributed by atoms with E-state index in [9.17, 15) is 9.59 Å². The van der Waals surface area contributed by atoms with E-state index in [4.69, 9.17) is 5.73 Å². The average molecular weight is 324 g/mol. The van der Waals surface area contributed by atoms with E-state index in [0.717, 1.165) is 13.0 Å². The topological polar surface area (TPSA) is 105 Å². The molecule has 0 bridgehead atoms. The van der Waals surface area contributed by atoms with Gasteiger partial charge in [-0.25, -0.2) is 0 Å². The van der Waals surface area contributed by atoms with Crippen LogP contribution in [0.1, 0.15) is 26.7 Å². The summed E-state index contributed by atoms with van der Waals surface area (Å²) in [5, 5.41) is 9.61. The summed E-state index contributed by atoms with van der Waals surface area (Å²) in [5.74, 6) is -0.378. The summed E-state index contributed by atoms with van der Waals surface area (Å²) < 4.78 is 1.48. The van der Waals surface area contributed by atoms with Gasteiger partial charge in [-0.2, -0.15) is 5.10 Å². The van der Waals surface area contributed by atoms with Gasteiger partial charge >= 0.3 is 0 Å². The van der Waals surface area contributed by atoms with Crippen LogP contribution in [0, 0.1) is 0 Å². The standard InChI is InChI=1S/C15H28N6O2/c1-5-6-15(2,16)14(23)19-12-9-18-21(10-12)11-13(22)17-7-8-20(3)4/h9-10H,5-8,11,16H2,1-4H3,(H,17,22)(H,19,23). The van der Waals surface area contributed by atoms with Crippen molar-refractivity contribution in [3.8, 4) is 0 Å². The van der Waals surface area contributed by atoms with E-state index >= 15 is 0 Å². The number of hydrogen-bond acceptors (Lipinski definition) is 5. The summed E-state index contributed by atoms with van der Waals surface area (Å²) in [4.78, 5) is 25.9. The van der Waals surface area contributed by atoms with E-state index in [1.165, 1.54) is 10.9 Å². The van der Waals surface area contributed by atoms with Gasteiger partial charge in [-0.3, -0.25) is 14.3 Å². The Bertz CT molecular complexity index is 524.